The van der Waals surface area contributed by atoms with Crippen molar-refractivity contribution in [2.75, 3.05) is 29.4 Å². The van der Waals surface area contributed by atoms with E-state index in [1.54, 1.807) is 7.11 Å². The molecule has 1 N–H and O–H groups in total. The maximum Gasteiger partial charge on any atom is 0.324 e. The number of nitrogens with zero attached hydrogens (tertiary/aromatic N) is 2. The van der Waals surface area contributed by atoms with Crippen LogP contribution in [0.5, 0.6) is 5.75 Å². The number of carbonyl (C=O) groups is 2. The Hall–Kier alpha value is -3.45. The Morgan fingerprint density at radius 3 is 2.51 bits per heavy atom. The van der Waals surface area contributed by atoms with Crippen molar-refractivity contribution in [3.8, 4) is 5.75 Å². The Kier molecular flexibility index (Phi) is 7.36. The van der Waals surface area contributed by atoms with E-state index in [0.29, 0.717) is 12.3 Å². The first-order chi connectivity index (χ1) is 16.8. The third kappa shape index (κ3) is 5.15. The van der Waals surface area contributed by atoms with Gasteiger partial charge in [0.25, 0.3) is 0 Å². The van der Waals surface area contributed by atoms with Crippen molar-refractivity contribution in [3.63, 3.8) is 0 Å². The van der Waals surface area contributed by atoms with E-state index in [1.165, 1.54) is 17.5 Å². The second-order valence-electron chi connectivity index (χ2n) is 8.83. The number of rotatable bonds is 9. The standard InChI is InChI=1S/C28H30N2O4S/c1-18-13-19(2)28(20(3)14-18)35-30(16-27(32)33)25-10-6-9-24-23(25)11-12-29(24)26(17-31)21-7-5-8-22(15-21)34-4/h5-10,13-15,17,26H,11-12,16H2,1-4H3,(H,32,33). The summed E-state index contributed by atoms with van der Waals surface area (Å²) in [6, 6.07) is 17.3. The van der Waals surface area contributed by atoms with Gasteiger partial charge < -0.3 is 23.8 Å². The van der Waals surface area contributed by atoms with Crippen molar-refractivity contribution in [2.45, 2.75) is 38.1 Å². The van der Waals surface area contributed by atoms with Gasteiger partial charge in [-0.3, -0.25) is 4.79 Å². The van der Waals surface area contributed by atoms with Gasteiger partial charge in [0, 0.05) is 22.7 Å². The second-order valence-corrected chi connectivity index (χ2v) is 9.86. The van der Waals surface area contributed by atoms with Crippen molar-refractivity contribution in [3.05, 3.63) is 82.4 Å². The number of carboxylic acids is 1. The Morgan fingerprint density at radius 2 is 1.86 bits per heavy atom. The van der Waals surface area contributed by atoms with E-state index in [1.807, 2.05) is 46.8 Å². The van der Waals surface area contributed by atoms with Gasteiger partial charge in [0.1, 0.15) is 24.6 Å². The lowest BCUT2D eigenvalue weighted by molar-refractivity contribution is -0.135. The molecule has 7 heteroatoms. The summed E-state index contributed by atoms with van der Waals surface area (Å²) >= 11 is 1.46. The van der Waals surface area contributed by atoms with E-state index in [-0.39, 0.29) is 6.54 Å². The molecule has 1 unspecified atom stereocenters. The van der Waals surface area contributed by atoms with Crippen LogP contribution in [0, 0.1) is 20.8 Å². The molecule has 1 heterocycles. The third-order valence-electron chi connectivity index (χ3n) is 6.29. The molecule has 3 aromatic rings. The predicted octanol–water partition coefficient (Wildman–Crippen LogP) is 5.52. The minimum atomic E-state index is -0.894. The average molecular weight is 491 g/mol. The van der Waals surface area contributed by atoms with Crippen molar-refractivity contribution < 1.29 is 19.4 Å². The molecule has 35 heavy (non-hydrogen) atoms. The van der Waals surface area contributed by atoms with Crippen LogP contribution < -0.4 is 13.9 Å². The fourth-order valence-electron chi connectivity index (χ4n) is 4.83. The van der Waals surface area contributed by atoms with Gasteiger partial charge in [-0.15, -0.1) is 0 Å². The monoisotopic (exact) mass is 490 g/mol. The first-order valence-corrected chi connectivity index (χ1v) is 12.3. The molecule has 4 rings (SSSR count). The highest BCUT2D eigenvalue weighted by molar-refractivity contribution is 8.00. The summed E-state index contributed by atoms with van der Waals surface area (Å²) in [4.78, 5) is 27.2. The van der Waals surface area contributed by atoms with Crippen LogP contribution in [-0.2, 0) is 16.0 Å². The van der Waals surface area contributed by atoms with Crippen LogP contribution >= 0.6 is 11.9 Å². The highest BCUT2D eigenvalue weighted by atomic mass is 32.2. The van der Waals surface area contributed by atoms with Crippen LogP contribution in [0.25, 0.3) is 0 Å². The molecule has 0 fully saturated rings. The van der Waals surface area contributed by atoms with Gasteiger partial charge in [-0.05, 0) is 80.1 Å². The van der Waals surface area contributed by atoms with Crippen LogP contribution in [0.3, 0.4) is 0 Å². The summed E-state index contributed by atoms with van der Waals surface area (Å²) in [6.45, 7) is 6.71. The fraction of sp³-hybridized carbons (Fsp3) is 0.286. The molecule has 0 spiro atoms. The number of carboxylic acid groups (broad SMARTS) is 1. The molecule has 0 aliphatic carbocycles. The molecule has 0 amide bonds. The van der Waals surface area contributed by atoms with E-state index in [2.05, 4.69) is 37.8 Å². The number of hydrogen-bond acceptors (Lipinski definition) is 6. The Labute approximate surface area is 210 Å². The number of fused-ring (bicyclic) bond motifs is 1. The normalized spacial score (nSPS) is 13.3. The fourth-order valence-corrected chi connectivity index (χ4v) is 5.90. The summed E-state index contributed by atoms with van der Waals surface area (Å²) in [7, 11) is 1.61. The number of carbonyl (C=O) groups excluding carboxylic acids is 1. The Balaban J connectivity index is 1.72. The number of aldehydes is 1. The molecule has 0 saturated heterocycles. The van der Waals surface area contributed by atoms with Crippen LogP contribution in [0.15, 0.2) is 59.5 Å². The van der Waals surface area contributed by atoms with Gasteiger partial charge in [0.15, 0.2) is 0 Å². The summed E-state index contributed by atoms with van der Waals surface area (Å²) < 4.78 is 7.21. The molecular weight excluding hydrogens is 460 g/mol. The predicted molar refractivity (Wildman–Crippen MR) is 141 cm³/mol. The molecule has 0 saturated carbocycles. The summed E-state index contributed by atoms with van der Waals surface area (Å²) in [5.74, 6) is -0.190. The van der Waals surface area contributed by atoms with Gasteiger partial charge in [-0.1, -0.05) is 35.9 Å². The zero-order valence-corrected chi connectivity index (χ0v) is 21.3. The van der Waals surface area contributed by atoms with E-state index in [4.69, 9.17) is 4.74 Å². The van der Waals surface area contributed by atoms with Gasteiger partial charge in [0.05, 0.1) is 12.8 Å². The summed E-state index contributed by atoms with van der Waals surface area (Å²) in [5, 5.41) is 9.71. The first-order valence-electron chi connectivity index (χ1n) is 11.5. The molecule has 3 aromatic carbocycles. The van der Waals surface area contributed by atoms with E-state index in [0.717, 1.165) is 51.2 Å². The third-order valence-corrected chi connectivity index (χ3v) is 7.67. The highest BCUT2D eigenvalue weighted by Crippen LogP contribution is 2.43. The number of hydrogen-bond donors (Lipinski definition) is 1. The zero-order chi connectivity index (χ0) is 25.1. The molecule has 0 aromatic heterocycles. The van der Waals surface area contributed by atoms with Gasteiger partial charge in [-0.2, -0.15) is 0 Å². The van der Waals surface area contributed by atoms with Gasteiger partial charge in [0.2, 0.25) is 0 Å². The molecule has 1 aliphatic heterocycles. The maximum atomic E-state index is 12.2. The first kappa shape index (κ1) is 24.7. The number of ether oxygens (including phenoxy) is 1. The minimum absolute atomic E-state index is 0.138. The summed E-state index contributed by atoms with van der Waals surface area (Å²) in [6.07, 6.45) is 1.68. The van der Waals surface area contributed by atoms with Crippen LogP contribution in [0.1, 0.15) is 33.9 Å². The van der Waals surface area contributed by atoms with Gasteiger partial charge >= 0.3 is 5.97 Å². The van der Waals surface area contributed by atoms with Gasteiger partial charge in [-0.25, -0.2) is 0 Å². The largest absolute Gasteiger partial charge is 0.497 e. The molecule has 1 aliphatic rings. The Morgan fingerprint density at radius 1 is 1.14 bits per heavy atom. The molecule has 6 nitrogen and oxygen atoms in total. The zero-order valence-electron chi connectivity index (χ0n) is 20.4. The number of anilines is 2. The lowest BCUT2D eigenvalue weighted by Crippen LogP contribution is -2.28. The lowest BCUT2D eigenvalue weighted by atomic mass is 10.1. The number of aryl methyl sites for hydroxylation is 3. The molecule has 0 bridgehead atoms. The number of methoxy groups -OCH3 is 1. The topological polar surface area (TPSA) is 70.1 Å². The smallest absolute Gasteiger partial charge is 0.324 e. The van der Waals surface area contributed by atoms with Crippen molar-refractivity contribution in [1.29, 1.82) is 0 Å². The Bertz CT molecular complexity index is 1240. The lowest BCUT2D eigenvalue weighted by Gasteiger charge is -2.28. The average Bonchev–Trinajstić information content (AvgIpc) is 3.25. The molecule has 0 radical (unpaired) electrons. The van der Waals surface area contributed by atoms with E-state index >= 15 is 0 Å². The number of aliphatic carboxylic acids is 1. The van der Waals surface area contributed by atoms with Crippen LogP contribution in [-0.4, -0.2) is 37.6 Å². The van der Waals surface area contributed by atoms with Crippen LogP contribution in [0.2, 0.25) is 0 Å². The molecule has 1 atom stereocenters. The maximum absolute atomic E-state index is 12.2. The minimum Gasteiger partial charge on any atom is -0.497 e. The summed E-state index contributed by atoms with van der Waals surface area (Å²) in [5.41, 5.74) is 7.16. The highest BCUT2D eigenvalue weighted by Gasteiger charge is 2.31. The van der Waals surface area contributed by atoms with E-state index in [9.17, 15) is 14.7 Å². The van der Waals surface area contributed by atoms with Crippen molar-refractivity contribution in [1.82, 2.24) is 0 Å². The van der Waals surface area contributed by atoms with E-state index < -0.39 is 12.0 Å². The van der Waals surface area contributed by atoms with Crippen LogP contribution in [0.4, 0.5) is 11.4 Å². The van der Waals surface area contributed by atoms with Crippen molar-refractivity contribution >= 4 is 35.6 Å². The quantitative estimate of drug-likeness (QED) is 0.313. The number of benzene rings is 3. The molecular formula is C28H30N2O4S. The second kappa shape index (κ2) is 10.4. The van der Waals surface area contributed by atoms with Crippen molar-refractivity contribution in [2.24, 2.45) is 0 Å². The molecule has 182 valence electrons. The SMILES string of the molecule is COc1cccc(C(C=O)N2CCc3c(N(CC(=O)O)Sc4c(C)cc(C)cc4C)cccc32)c1.